The van der Waals surface area contributed by atoms with Crippen molar-refractivity contribution in [1.29, 1.82) is 0 Å². The summed E-state index contributed by atoms with van der Waals surface area (Å²) >= 11 is 0. The maximum absolute atomic E-state index is 13.5. The molecule has 2 saturated heterocycles. The summed E-state index contributed by atoms with van der Waals surface area (Å²) in [7, 11) is 1.49. The first kappa shape index (κ1) is 21.9. The zero-order chi connectivity index (χ0) is 24.2. The molecule has 7 nitrogen and oxygen atoms in total. The molecule has 0 aliphatic carbocycles. The molecular formula is C24H18F3N3O4. The lowest BCUT2D eigenvalue weighted by atomic mass is 9.86. The van der Waals surface area contributed by atoms with Crippen LogP contribution in [0.3, 0.4) is 0 Å². The number of hydrazone groups is 1. The smallest absolute Gasteiger partial charge is 0.416 e. The number of halogens is 3. The number of hydrogen-bond acceptors (Lipinski definition) is 6. The van der Waals surface area contributed by atoms with Crippen molar-refractivity contribution >= 4 is 29.5 Å². The van der Waals surface area contributed by atoms with Crippen molar-refractivity contribution in [2.24, 2.45) is 16.9 Å². The second kappa shape index (κ2) is 7.82. The van der Waals surface area contributed by atoms with E-state index >= 15 is 0 Å². The highest BCUT2D eigenvalue weighted by Crippen LogP contribution is 2.46. The lowest BCUT2D eigenvalue weighted by molar-refractivity contribution is -0.137. The Kier molecular flexibility index (Phi) is 5.03. The lowest BCUT2D eigenvalue weighted by Crippen LogP contribution is -2.46. The maximum Gasteiger partial charge on any atom is 0.416 e. The second-order valence-corrected chi connectivity index (χ2v) is 8.17. The molecule has 2 aromatic rings. The number of rotatable bonds is 4. The van der Waals surface area contributed by atoms with Crippen LogP contribution >= 0.6 is 0 Å². The summed E-state index contributed by atoms with van der Waals surface area (Å²) < 4.78 is 44.8. The molecule has 0 spiro atoms. The number of ketones is 1. The molecule has 3 aliphatic heterocycles. The number of nitrogens with zero attached hydrogens (tertiary/aromatic N) is 3. The molecule has 4 unspecified atom stereocenters. The van der Waals surface area contributed by atoms with Gasteiger partial charge in [-0.05, 0) is 48.5 Å². The van der Waals surface area contributed by atoms with E-state index in [1.807, 2.05) is 0 Å². The van der Waals surface area contributed by atoms with Crippen LogP contribution in [-0.2, 0) is 15.8 Å². The number of methoxy groups -OCH3 is 1. The van der Waals surface area contributed by atoms with Crippen LogP contribution in [0.5, 0.6) is 5.75 Å². The molecule has 0 radical (unpaired) electrons. The number of fused-ring (bicyclic) bond motifs is 3. The number of ether oxygens (including phenoxy) is 1. The fourth-order valence-electron chi connectivity index (χ4n) is 4.84. The van der Waals surface area contributed by atoms with Crippen LogP contribution in [0.2, 0.25) is 0 Å². The van der Waals surface area contributed by atoms with Crippen molar-refractivity contribution < 1.29 is 32.3 Å². The van der Waals surface area contributed by atoms with Crippen molar-refractivity contribution in [2.45, 2.75) is 18.3 Å². The van der Waals surface area contributed by atoms with Crippen LogP contribution in [0.15, 0.2) is 65.8 Å². The summed E-state index contributed by atoms with van der Waals surface area (Å²) in [6, 6.07) is 8.61. The standard InChI is InChI=1S/C24H18F3N3O4/c1-34-16-9-7-13(8-10-16)21(31)20-19-18(17-6-3-11-28-30(17)20)22(32)29(23(19)33)15-5-2-4-14(12-15)24(25,26)27/h2-12,17-20H,1H3. The molecule has 2 fully saturated rings. The van der Waals surface area contributed by atoms with Crippen molar-refractivity contribution in [3.8, 4) is 5.75 Å². The van der Waals surface area contributed by atoms with E-state index in [0.717, 1.165) is 23.1 Å². The summed E-state index contributed by atoms with van der Waals surface area (Å²) in [6.07, 6.45) is 0.115. The van der Waals surface area contributed by atoms with E-state index < -0.39 is 53.3 Å². The van der Waals surface area contributed by atoms with Gasteiger partial charge in [-0.3, -0.25) is 19.4 Å². The third-order valence-electron chi connectivity index (χ3n) is 6.37. The number of amides is 2. The highest BCUT2D eigenvalue weighted by Gasteiger charge is 2.64. The van der Waals surface area contributed by atoms with Gasteiger partial charge < -0.3 is 4.74 Å². The topological polar surface area (TPSA) is 79.3 Å². The molecule has 3 aliphatic rings. The molecule has 0 saturated carbocycles. The fourth-order valence-corrected chi connectivity index (χ4v) is 4.84. The number of imide groups is 1. The highest BCUT2D eigenvalue weighted by atomic mass is 19.4. The average Bonchev–Trinajstić information content (AvgIpc) is 3.31. The van der Waals surface area contributed by atoms with Crippen molar-refractivity contribution in [3.63, 3.8) is 0 Å². The molecule has 5 rings (SSSR count). The zero-order valence-electron chi connectivity index (χ0n) is 17.8. The van der Waals surface area contributed by atoms with Gasteiger partial charge >= 0.3 is 6.18 Å². The Balaban J connectivity index is 1.55. The molecule has 3 heterocycles. The van der Waals surface area contributed by atoms with Crippen LogP contribution in [0.1, 0.15) is 15.9 Å². The average molecular weight is 469 g/mol. The van der Waals surface area contributed by atoms with Gasteiger partial charge in [0.15, 0.2) is 5.78 Å². The van der Waals surface area contributed by atoms with E-state index in [9.17, 15) is 27.6 Å². The molecule has 10 heteroatoms. The summed E-state index contributed by atoms with van der Waals surface area (Å²) in [6.45, 7) is 0. The van der Waals surface area contributed by atoms with Gasteiger partial charge in [0.2, 0.25) is 11.8 Å². The van der Waals surface area contributed by atoms with Crippen molar-refractivity contribution in [2.75, 3.05) is 12.0 Å². The summed E-state index contributed by atoms with van der Waals surface area (Å²) in [4.78, 5) is 41.2. The first-order chi connectivity index (χ1) is 16.2. The molecule has 174 valence electrons. The normalized spacial score (nSPS) is 25.5. The van der Waals surface area contributed by atoms with Crippen LogP contribution in [0.25, 0.3) is 0 Å². The first-order valence-electron chi connectivity index (χ1n) is 10.4. The molecule has 2 aromatic carbocycles. The monoisotopic (exact) mass is 469 g/mol. The van der Waals surface area contributed by atoms with E-state index in [1.54, 1.807) is 36.4 Å². The molecule has 34 heavy (non-hydrogen) atoms. The SMILES string of the molecule is COc1ccc(C(=O)C2C3C(=O)N(c4cccc(C(F)(F)F)c4)C(=O)C3C3C=CC=NN32)cc1. The minimum atomic E-state index is -4.64. The minimum Gasteiger partial charge on any atom is -0.497 e. The fraction of sp³-hybridized carbons (Fsp3) is 0.250. The van der Waals surface area contributed by atoms with Crippen LogP contribution < -0.4 is 9.64 Å². The molecule has 0 N–H and O–H groups in total. The van der Waals surface area contributed by atoms with Gasteiger partial charge in [-0.25, -0.2) is 4.90 Å². The van der Waals surface area contributed by atoms with Gasteiger partial charge in [-0.2, -0.15) is 18.3 Å². The summed E-state index contributed by atoms with van der Waals surface area (Å²) in [5, 5.41) is 5.70. The summed E-state index contributed by atoms with van der Waals surface area (Å²) in [5.41, 5.74) is -0.852. The predicted octanol–water partition coefficient (Wildman–Crippen LogP) is 3.31. The number of carbonyl (C=O) groups excluding carboxylic acids is 3. The Morgan fingerprint density at radius 3 is 2.41 bits per heavy atom. The van der Waals surface area contributed by atoms with E-state index in [-0.39, 0.29) is 5.69 Å². The van der Waals surface area contributed by atoms with E-state index in [0.29, 0.717) is 11.3 Å². The Labute approximate surface area is 192 Å². The van der Waals surface area contributed by atoms with Gasteiger partial charge in [0.1, 0.15) is 11.8 Å². The maximum atomic E-state index is 13.5. The van der Waals surface area contributed by atoms with E-state index in [2.05, 4.69) is 5.10 Å². The second-order valence-electron chi connectivity index (χ2n) is 8.17. The van der Waals surface area contributed by atoms with Gasteiger partial charge in [0.25, 0.3) is 0 Å². The molecule has 4 atom stereocenters. The van der Waals surface area contributed by atoms with Crippen molar-refractivity contribution in [1.82, 2.24) is 5.01 Å². The van der Waals surface area contributed by atoms with Gasteiger partial charge in [-0.1, -0.05) is 12.1 Å². The largest absolute Gasteiger partial charge is 0.497 e. The number of anilines is 1. The quantitative estimate of drug-likeness (QED) is 0.507. The molecular weight excluding hydrogens is 451 g/mol. The minimum absolute atomic E-state index is 0.176. The number of allylic oxidation sites excluding steroid dienone is 1. The van der Waals surface area contributed by atoms with Crippen LogP contribution in [-0.4, -0.2) is 48.0 Å². The zero-order valence-corrected chi connectivity index (χ0v) is 17.8. The Hall–Kier alpha value is -3.95. The number of benzene rings is 2. The molecule has 0 aromatic heterocycles. The van der Waals surface area contributed by atoms with Gasteiger partial charge in [-0.15, -0.1) is 0 Å². The Bertz CT molecular complexity index is 1240. The number of alkyl halides is 3. The third kappa shape index (κ3) is 3.28. The predicted molar refractivity (Wildman–Crippen MR) is 115 cm³/mol. The first-order valence-corrected chi connectivity index (χ1v) is 10.4. The molecule has 0 bridgehead atoms. The number of carbonyl (C=O) groups is 3. The van der Waals surface area contributed by atoms with Crippen LogP contribution in [0.4, 0.5) is 18.9 Å². The van der Waals surface area contributed by atoms with Crippen molar-refractivity contribution in [3.05, 3.63) is 71.8 Å². The van der Waals surface area contributed by atoms with Gasteiger partial charge in [0, 0.05) is 11.8 Å². The van der Waals surface area contributed by atoms with Gasteiger partial charge in [0.05, 0.1) is 36.2 Å². The Morgan fingerprint density at radius 2 is 1.74 bits per heavy atom. The number of hydrogen-bond donors (Lipinski definition) is 0. The van der Waals surface area contributed by atoms with Crippen LogP contribution in [0, 0.1) is 11.8 Å². The summed E-state index contributed by atoms with van der Waals surface area (Å²) in [5.74, 6) is -3.31. The van der Waals surface area contributed by atoms with E-state index in [4.69, 9.17) is 4.74 Å². The molecule has 2 amide bonds. The number of Topliss-reactive ketones (excluding diaryl/α,β-unsaturated/α-hetero) is 1. The Morgan fingerprint density at radius 1 is 1.03 bits per heavy atom. The van der Waals surface area contributed by atoms with E-state index in [1.165, 1.54) is 24.4 Å². The third-order valence-corrected chi connectivity index (χ3v) is 6.37. The highest BCUT2D eigenvalue weighted by molar-refractivity contribution is 6.24. The lowest BCUT2D eigenvalue weighted by Gasteiger charge is -2.30.